The molecule has 0 aliphatic rings. The molecule has 0 aliphatic heterocycles. The van der Waals surface area contributed by atoms with Gasteiger partial charge in [0.15, 0.2) is 0 Å². The van der Waals surface area contributed by atoms with E-state index in [4.69, 9.17) is 25.8 Å². The minimum atomic E-state index is -0.0881. The third-order valence-corrected chi connectivity index (χ3v) is 2.97. The molecule has 7 nitrogen and oxygen atoms in total. The Balaban J connectivity index is 1.93. The van der Waals surface area contributed by atoms with Crippen LogP contribution in [0.1, 0.15) is 6.92 Å². The van der Waals surface area contributed by atoms with Crippen molar-refractivity contribution in [1.29, 1.82) is 0 Å². The van der Waals surface area contributed by atoms with E-state index in [0.717, 1.165) is 0 Å². The van der Waals surface area contributed by atoms with Crippen molar-refractivity contribution in [2.75, 3.05) is 26.9 Å². The van der Waals surface area contributed by atoms with Crippen molar-refractivity contribution in [2.24, 2.45) is 0 Å². The Kier molecular flexibility index (Phi) is 6.04. The second kappa shape index (κ2) is 7.79. The van der Waals surface area contributed by atoms with Crippen LogP contribution in [0, 0.1) is 0 Å². The van der Waals surface area contributed by atoms with Crippen LogP contribution in [-0.2, 0) is 16.0 Å². The SMILES string of the molecule is COc1nc(Cl)nc2cnn(CCOCCOC(C)S)c12. The third-order valence-electron chi connectivity index (χ3n) is 2.66. The van der Waals surface area contributed by atoms with Crippen molar-refractivity contribution in [3.8, 4) is 5.88 Å². The summed E-state index contributed by atoms with van der Waals surface area (Å²) in [7, 11) is 1.53. The lowest BCUT2D eigenvalue weighted by molar-refractivity contribution is 0.0398. The second-order valence-electron chi connectivity index (χ2n) is 4.19. The van der Waals surface area contributed by atoms with E-state index in [0.29, 0.717) is 43.3 Å². The first kappa shape index (κ1) is 16.3. The Morgan fingerprint density at radius 3 is 2.86 bits per heavy atom. The third kappa shape index (κ3) is 4.44. The van der Waals surface area contributed by atoms with E-state index >= 15 is 0 Å². The average Bonchev–Trinajstić information content (AvgIpc) is 2.84. The highest BCUT2D eigenvalue weighted by Crippen LogP contribution is 2.23. The highest BCUT2D eigenvalue weighted by molar-refractivity contribution is 7.80. The summed E-state index contributed by atoms with van der Waals surface area (Å²) in [5.41, 5.74) is 1.25. The molecule has 1 unspecified atom stereocenters. The molecule has 1 atom stereocenters. The first-order chi connectivity index (χ1) is 10.1. The van der Waals surface area contributed by atoms with Crippen LogP contribution in [0.3, 0.4) is 0 Å². The molecule has 0 amide bonds. The number of hydrogen-bond donors (Lipinski definition) is 1. The van der Waals surface area contributed by atoms with Gasteiger partial charge in [0.2, 0.25) is 11.2 Å². The number of thiol groups is 1. The monoisotopic (exact) mass is 332 g/mol. The highest BCUT2D eigenvalue weighted by atomic mass is 35.5. The molecule has 2 heterocycles. The fourth-order valence-electron chi connectivity index (χ4n) is 1.78. The lowest BCUT2D eigenvalue weighted by atomic mass is 10.4. The molecule has 0 fully saturated rings. The minimum absolute atomic E-state index is 0.0881. The number of rotatable bonds is 8. The summed E-state index contributed by atoms with van der Waals surface area (Å²) in [6.07, 6.45) is 1.62. The molecule has 0 aliphatic carbocycles. The van der Waals surface area contributed by atoms with Gasteiger partial charge in [0, 0.05) is 0 Å². The van der Waals surface area contributed by atoms with E-state index in [1.54, 1.807) is 10.9 Å². The van der Waals surface area contributed by atoms with E-state index in [2.05, 4.69) is 27.7 Å². The van der Waals surface area contributed by atoms with Crippen LogP contribution in [0.25, 0.3) is 11.0 Å². The van der Waals surface area contributed by atoms with Gasteiger partial charge in [-0.2, -0.15) is 10.1 Å². The Labute approximate surface area is 133 Å². The summed E-state index contributed by atoms with van der Waals surface area (Å²) in [5.74, 6) is 0.398. The maximum atomic E-state index is 5.81. The van der Waals surface area contributed by atoms with E-state index in [9.17, 15) is 0 Å². The molecule has 2 aromatic heterocycles. The van der Waals surface area contributed by atoms with Crippen LogP contribution in [0.5, 0.6) is 5.88 Å². The maximum absolute atomic E-state index is 5.81. The fraction of sp³-hybridized carbons (Fsp3) is 0.583. The van der Waals surface area contributed by atoms with E-state index in [1.165, 1.54) is 7.11 Å². The molecule has 0 saturated heterocycles. The molecular formula is C12H17ClN4O3S. The van der Waals surface area contributed by atoms with Gasteiger partial charge in [-0.05, 0) is 18.5 Å². The molecule has 0 aromatic carbocycles. The number of aromatic nitrogens is 4. The highest BCUT2D eigenvalue weighted by Gasteiger charge is 2.13. The van der Waals surface area contributed by atoms with Crippen LogP contribution in [0.4, 0.5) is 0 Å². The normalized spacial score (nSPS) is 12.8. The molecule has 0 radical (unpaired) electrons. The quantitative estimate of drug-likeness (QED) is 0.344. The fourth-order valence-corrected chi connectivity index (χ4v) is 2.05. The summed E-state index contributed by atoms with van der Waals surface area (Å²) >= 11 is 9.93. The summed E-state index contributed by atoms with van der Waals surface area (Å²) in [4.78, 5) is 8.14. The van der Waals surface area contributed by atoms with Gasteiger partial charge >= 0.3 is 0 Å². The van der Waals surface area contributed by atoms with Crippen molar-refractivity contribution in [3.05, 3.63) is 11.5 Å². The van der Waals surface area contributed by atoms with Crippen LogP contribution in [0.2, 0.25) is 5.28 Å². The van der Waals surface area contributed by atoms with Gasteiger partial charge in [-0.15, -0.1) is 12.6 Å². The first-order valence-corrected chi connectivity index (χ1v) is 7.31. The van der Waals surface area contributed by atoms with Crippen LogP contribution in [-0.4, -0.2) is 52.1 Å². The van der Waals surface area contributed by atoms with Gasteiger partial charge in [0.25, 0.3) is 0 Å². The zero-order valence-corrected chi connectivity index (χ0v) is 13.5. The standard InChI is InChI=1S/C12H17ClN4O3S/c1-8(21)20-6-5-19-4-3-17-10-9(7-14-17)15-12(13)16-11(10)18-2/h7-8,21H,3-6H2,1-2H3. The van der Waals surface area contributed by atoms with E-state index in [-0.39, 0.29) is 10.7 Å². The number of methoxy groups -OCH3 is 1. The molecule has 21 heavy (non-hydrogen) atoms. The van der Waals surface area contributed by atoms with Gasteiger partial charge in [-0.3, -0.25) is 4.68 Å². The molecular weight excluding hydrogens is 316 g/mol. The molecule has 2 aromatic rings. The predicted octanol–water partition coefficient (Wildman–Crippen LogP) is 1.80. The number of fused-ring (bicyclic) bond motifs is 1. The minimum Gasteiger partial charge on any atom is -0.479 e. The van der Waals surface area contributed by atoms with E-state index < -0.39 is 0 Å². The summed E-state index contributed by atoms with van der Waals surface area (Å²) in [5, 5.41) is 4.38. The second-order valence-corrected chi connectivity index (χ2v) is 5.25. The number of hydrogen-bond acceptors (Lipinski definition) is 7. The molecule has 0 saturated carbocycles. The first-order valence-electron chi connectivity index (χ1n) is 6.42. The van der Waals surface area contributed by atoms with Crippen molar-refractivity contribution >= 4 is 35.3 Å². The van der Waals surface area contributed by atoms with Gasteiger partial charge in [0.05, 0.1) is 45.1 Å². The molecule has 2 rings (SSSR count). The Morgan fingerprint density at radius 2 is 2.14 bits per heavy atom. The molecule has 0 bridgehead atoms. The number of nitrogens with zero attached hydrogens (tertiary/aromatic N) is 4. The summed E-state index contributed by atoms with van der Waals surface area (Å²) < 4.78 is 17.7. The van der Waals surface area contributed by atoms with Gasteiger partial charge in [0.1, 0.15) is 11.0 Å². The van der Waals surface area contributed by atoms with Crippen molar-refractivity contribution < 1.29 is 14.2 Å². The van der Waals surface area contributed by atoms with Crippen molar-refractivity contribution in [1.82, 2.24) is 19.7 Å². The molecule has 116 valence electrons. The van der Waals surface area contributed by atoms with Gasteiger partial charge < -0.3 is 14.2 Å². The molecule has 0 spiro atoms. The molecule has 9 heteroatoms. The van der Waals surface area contributed by atoms with Crippen molar-refractivity contribution in [3.63, 3.8) is 0 Å². The van der Waals surface area contributed by atoms with Crippen molar-refractivity contribution in [2.45, 2.75) is 18.9 Å². The van der Waals surface area contributed by atoms with Crippen LogP contribution < -0.4 is 4.74 Å². The van der Waals surface area contributed by atoms with Crippen LogP contribution in [0.15, 0.2) is 6.20 Å². The summed E-state index contributed by atoms with van der Waals surface area (Å²) in [6, 6.07) is 0. The Hall–Kier alpha value is -1.09. The number of halogens is 1. The maximum Gasteiger partial charge on any atom is 0.244 e. The van der Waals surface area contributed by atoms with E-state index in [1.807, 2.05) is 6.92 Å². The Morgan fingerprint density at radius 1 is 1.33 bits per heavy atom. The molecule has 0 N–H and O–H groups in total. The number of ether oxygens (including phenoxy) is 3. The van der Waals surface area contributed by atoms with Gasteiger partial charge in [-0.25, -0.2) is 4.98 Å². The average molecular weight is 333 g/mol. The predicted molar refractivity (Wildman–Crippen MR) is 82.1 cm³/mol. The lowest BCUT2D eigenvalue weighted by Gasteiger charge is -2.09. The summed E-state index contributed by atoms with van der Waals surface area (Å²) in [6.45, 7) is 3.92. The Bertz CT molecular complexity index is 593. The topological polar surface area (TPSA) is 71.3 Å². The smallest absolute Gasteiger partial charge is 0.244 e. The lowest BCUT2D eigenvalue weighted by Crippen LogP contribution is -2.12. The van der Waals surface area contributed by atoms with Gasteiger partial charge in [-0.1, -0.05) is 0 Å². The zero-order chi connectivity index (χ0) is 15.2. The zero-order valence-electron chi connectivity index (χ0n) is 11.8. The van der Waals surface area contributed by atoms with Crippen LogP contribution >= 0.6 is 24.2 Å². The largest absolute Gasteiger partial charge is 0.479 e.